The van der Waals surface area contributed by atoms with Gasteiger partial charge in [0.2, 0.25) is 11.5 Å². The Labute approximate surface area is 143 Å². The number of aromatic nitrogens is 1. The van der Waals surface area contributed by atoms with Gasteiger partial charge in [-0.05, 0) is 31.2 Å². The summed E-state index contributed by atoms with van der Waals surface area (Å²) in [7, 11) is 0. The van der Waals surface area contributed by atoms with Crippen molar-refractivity contribution < 1.29 is 33.0 Å². The molecule has 1 aromatic heterocycles. The minimum absolute atomic E-state index is 0.0388. The first-order chi connectivity index (χ1) is 11.5. The number of nitrogens with zero attached hydrogens (tertiary/aromatic N) is 1. The van der Waals surface area contributed by atoms with Crippen molar-refractivity contribution in [2.24, 2.45) is 0 Å². The first kappa shape index (κ1) is 18.9. The summed E-state index contributed by atoms with van der Waals surface area (Å²) in [5, 5.41) is 21.8. The molecular weight excluding hydrogens is 361 g/mol. The first-order valence-corrected chi connectivity index (χ1v) is 7.76. The van der Waals surface area contributed by atoms with Gasteiger partial charge in [-0.25, -0.2) is 9.78 Å². The lowest BCUT2D eigenvalue weighted by Gasteiger charge is -2.27. The van der Waals surface area contributed by atoms with Crippen LogP contribution in [0.15, 0.2) is 29.6 Å². The molecule has 25 heavy (non-hydrogen) atoms. The van der Waals surface area contributed by atoms with E-state index in [2.05, 4.69) is 10.3 Å². The molecule has 10 heteroatoms. The topological polar surface area (TPSA) is 99.5 Å². The molecule has 0 saturated carbocycles. The van der Waals surface area contributed by atoms with Gasteiger partial charge in [-0.3, -0.25) is 4.79 Å². The lowest BCUT2D eigenvalue weighted by atomic mass is 9.99. The number of benzene rings is 1. The van der Waals surface area contributed by atoms with E-state index in [-0.39, 0.29) is 11.3 Å². The Morgan fingerprint density at radius 1 is 1.24 bits per heavy atom. The Morgan fingerprint density at radius 2 is 1.84 bits per heavy atom. The van der Waals surface area contributed by atoms with Crippen LogP contribution in [0.1, 0.15) is 27.5 Å². The van der Waals surface area contributed by atoms with Crippen molar-refractivity contribution in [2.45, 2.75) is 25.1 Å². The highest BCUT2D eigenvalue weighted by molar-refractivity contribution is 7.09. The van der Waals surface area contributed by atoms with Gasteiger partial charge in [-0.15, -0.1) is 11.3 Å². The van der Waals surface area contributed by atoms with Crippen LogP contribution < -0.4 is 5.32 Å². The molecule has 134 valence electrons. The van der Waals surface area contributed by atoms with Crippen LogP contribution >= 0.6 is 11.3 Å². The molecule has 3 N–H and O–H groups in total. The number of hydrogen-bond donors (Lipinski definition) is 3. The largest absolute Gasteiger partial charge is 0.478 e. The third kappa shape index (κ3) is 4.15. The number of thiazole rings is 1. The fraction of sp³-hybridized carbons (Fsp3) is 0.267. The van der Waals surface area contributed by atoms with Crippen molar-refractivity contribution in [3.8, 4) is 0 Å². The van der Waals surface area contributed by atoms with Crippen LogP contribution in [0, 0.1) is 6.92 Å². The zero-order valence-electron chi connectivity index (χ0n) is 12.8. The molecule has 1 aromatic carbocycles. The highest BCUT2D eigenvalue weighted by Crippen LogP contribution is 2.42. The molecule has 1 amide bonds. The Balaban J connectivity index is 2.19. The summed E-state index contributed by atoms with van der Waals surface area (Å²) in [5.41, 5.74) is -3.04. The summed E-state index contributed by atoms with van der Waals surface area (Å²) in [5.74, 6) is -2.26. The molecule has 0 radical (unpaired) electrons. The van der Waals surface area contributed by atoms with Gasteiger partial charge in [0.25, 0.3) is 0 Å². The molecule has 0 bridgehead atoms. The van der Waals surface area contributed by atoms with E-state index in [9.17, 15) is 27.9 Å². The van der Waals surface area contributed by atoms with Crippen molar-refractivity contribution in [1.82, 2.24) is 4.98 Å². The molecule has 0 aliphatic heterocycles. The summed E-state index contributed by atoms with van der Waals surface area (Å²) < 4.78 is 39.9. The van der Waals surface area contributed by atoms with E-state index in [0.717, 1.165) is 0 Å². The monoisotopic (exact) mass is 374 g/mol. The highest BCUT2D eigenvalue weighted by Gasteiger charge is 2.58. The highest BCUT2D eigenvalue weighted by atomic mass is 32.1. The molecule has 0 saturated heterocycles. The number of aromatic carboxylic acids is 1. The number of aliphatic hydroxyl groups is 1. The lowest BCUT2D eigenvalue weighted by Crippen LogP contribution is -2.45. The van der Waals surface area contributed by atoms with E-state index in [1.54, 1.807) is 0 Å². The molecular formula is C15H13F3N2O4S. The fourth-order valence-corrected chi connectivity index (χ4v) is 2.89. The van der Waals surface area contributed by atoms with E-state index in [1.165, 1.54) is 36.6 Å². The number of carboxylic acids is 1. The maximum Gasteiger partial charge on any atom is 0.424 e. The number of carbonyl (C=O) groups is 2. The number of nitrogens with one attached hydrogen (secondary N) is 1. The standard InChI is InChI=1S/C15H13F3N2O4S/c1-8-7-25-13(19-8)14(24,15(16,17)18)6-11(21)20-10-4-2-9(3-5-10)12(22)23/h2-5,7,24H,6H2,1H3,(H,20,21)(H,22,23). The second kappa shape index (κ2) is 6.81. The molecule has 1 heterocycles. The number of anilines is 1. The van der Waals surface area contributed by atoms with E-state index in [4.69, 9.17) is 5.11 Å². The van der Waals surface area contributed by atoms with Crippen molar-refractivity contribution in [3.63, 3.8) is 0 Å². The number of carboxylic acid groups (broad SMARTS) is 1. The molecule has 1 atom stereocenters. The van der Waals surface area contributed by atoms with Crippen molar-refractivity contribution >= 4 is 28.9 Å². The number of amides is 1. The van der Waals surface area contributed by atoms with Gasteiger partial charge in [0, 0.05) is 16.8 Å². The summed E-state index contributed by atoms with van der Waals surface area (Å²) >= 11 is 0.610. The third-order valence-electron chi connectivity index (χ3n) is 3.27. The van der Waals surface area contributed by atoms with Crippen molar-refractivity contribution in [1.29, 1.82) is 0 Å². The Hall–Kier alpha value is -2.46. The number of aryl methyl sites for hydroxylation is 1. The van der Waals surface area contributed by atoms with Gasteiger partial charge < -0.3 is 15.5 Å². The average molecular weight is 374 g/mol. The zero-order chi connectivity index (χ0) is 18.8. The zero-order valence-corrected chi connectivity index (χ0v) is 13.6. The van der Waals surface area contributed by atoms with Crippen molar-refractivity contribution in [2.75, 3.05) is 5.32 Å². The number of rotatable bonds is 5. The maximum atomic E-state index is 13.3. The minimum atomic E-state index is -5.10. The van der Waals surface area contributed by atoms with Gasteiger partial charge in [0.15, 0.2) is 0 Å². The number of halogens is 3. The van der Waals surface area contributed by atoms with Gasteiger partial charge in [0.1, 0.15) is 5.01 Å². The Bertz CT molecular complexity index is 789. The minimum Gasteiger partial charge on any atom is -0.478 e. The second-order valence-electron chi connectivity index (χ2n) is 5.26. The molecule has 0 fully saturated rings. The SMILES string of the molecule is Cc1csc(C(O)(CC(=O)Nc2ccc(C(=O)O)cc2)C(F)(F)F)n1. The van der Waals surface area contributed by atoms with Crippen LogP contribution in [0.3, 0.4) is 0 Å². The summed E-state index contributed by atoms with van der Waals surface area (Å²) in [4.78, 5) is 26.3. The number of carbonyl (C=O) groups excluding carboxylic acids is 1. The van der Waals surface area contributed by atoms with E-state index in [0.29, 0.717) is 17.0 Å². The maximum absolute atomic E-state index is 13.3. The second-order valence-corrected chi connectivity index (χ2v) is 6.12. The van der Waals surface area contributed by atoms with Crippen LogP contribution in [0.5, 0.6) is 0 Å². The normalized spacial score (nSPS) is 14.0. The smallest absolute Gasteiger partial charge is 0.424 e. The molecule has 6 nitrogen and oxygen atoms in total. The van der Waals surface area contributed by atoms with Crippen LogP contribution in [0.2, 0.25) is 0 Å². The molecule has 2 rings (SSSR count). The quantitative estimate of drug-likeness (QED) is 0.747. The summed E-state index contributed by atoms with van der Waals surface area (Å²) in [6.45, 7) is 1.47. The van der Waals surface area contributed by atoms with E-state index < -0.39 is 35.1 Å². The van der Waals surface area contributed by atoms with Gasteiger partial charge in [-0.1, -0.05) is 0 Å². The van der Waals surface area contributed by atoms with Crippen LogP contribution in [-0.4, -0.2) is 33.2 Å². The van der Waals surface area contributed by atoms with Gasteiger partial charge >= 0.3 is 12.1 Å². The molecule has 0 spiro atoms. The van der Waals surface area contributed by atoms with Gasteiger partial charge in [0.05, 0.1) is 12.0 Å². The lowest BCUT2D eigenvalue weighted by molar-refractivity contribution is -0.266. The number of alkyl halides is 3. The molecule has 1 unspecified atom stereocenters. The predicted molar refractivity (Wildman–Crippen MR) is 83.5 cm³/mol. The van der Waals surface area contributed by atoms with E-state index in [1.807, 2.05) is 0 Å². The van der Waals surface area contributed by atoms with Gasteiger partial charge in [-0.2, -0.15) is 13.2 Å². The number of hydrogen-bond acceptors (Lipinski definition) is 5. The van der Waals surface area contributed by atoms with Crippen LogP contribution in [0.4, 0.5) is 18.9 Å². The van der Waals surface area contributed by atoms with Crippen molar-refractivity contribution in [3.05, 3.63) is 45.9 Å². The summed E-state index contributed by atoms with van der Waals surface area (Å²) in [6.07, 6.45) is -6.37. The third-order valence-corrected chi connectivity index (χ3v) is 4.38. The summed E-state index contributed by atoms with van der Waals surface area (Å²) in [6, 6.07) is 4.86. The molecule has 0 aliphatic carbocycles. The molecule has 0 aliphatic rings. The Morgan fingerprint density at radius 3 is 2.28 bits per heavy atom. The first-order valence-electron chi connectivity index (χ1n) is 6.88. The Kier molecular flexibility index (Phi) is 5.14. The van der Waals surface area contributed by atoms with Crippen LogP contribution in [-0.2, 0) is 10.4 Å². The fourth-order valence-electron chi connectivity index (χ4n) is 1.97. The van der Waals surface area contributed by atoms with Crippen LogP contribution in [0.25, 0.3) is 0 Å². The van der Waals surface area contributed by atoms with E-state index >= 15 is 0 Å². The predicted octanol–water partition coefficient (Wildman–Crippen LogP) is 2.93. The average Bonchev–Trinajstić information content (AvgIpc) is 2.93. The molecule has 2 aromatic rings.